The Labute approximate surface area is 237 Å². The zero-order valence-corrected chi connectivity index (χ0v) is 24.1. The van der Waals surface area contributed by atoms with Crippen molar-refractivity contribution in [1.82, 2.24) is 9.78 Å². The minimum atomic E-state index is -0.858. The number of aryl methyl sites for hydroxylation is 1. The Morgan fingerprint density at radius 2 is 1.70 bits per heavy atom. The van der Waals surface area contributed by atoms with Gasteiger partial charge in [-0.2, -0.15) is 5.10 Å². The Morgan fingerprint density at radius 3 is 2.33 bits per heavy atom. The zero-order valence-electron chi connectivity index (χ0n) is 24.1. The van der Waals surface area contributed by atoms with Crippen molar-refractivity contribution in [3.8, 4) is 11.1 Å². The van der Waals surface area contributed by atoms with E-state index in [2.05, 4.69) is 31.1 Å². The lowest BCUT2D eigenvalue weighted by Crippen LogP contribution is -2.23. The number of hydrogen-bond donors (Lipinski definition) is 1. The summed E-state index contributed by atoms with van der Waals surface area (Å²) in [4.78, 5) is 37.4. The molecular formula is C33H42N2O5. The standard InChI is InChI=1S/C33H42N2O5/c1-23(2)19-27(25-9-6-5-7-10-25)17-18-30(36)12-8-11-28(33(38)39)20-24-13-15-26(16-14-24)31-29(22-40-4)21-34-35(3)32(31)37/h5-7,9-10,13-16,21,23,27-28H,8,11-12,17-20,22H2,1-4H3,(H,38,39)/t27?,28-/m0/s1. The minimum absolute atomic E-state index is 0.198. The molecule has 0 spiro atoms. The molecule has 0 saturated heterocycles. The van der Waals surface area contributed by atoms with E-state index in [1.54, 1.807) is 20.4 Å². The van der Waals surface area contributed by atoms with E-state index >= 15 is 0 Å². The number of carboxylic acid groups (broad SMARTS) is 1. The third-order valence-corrected chi connectivity index (χ3v) is 7.40. The number of carboxylic acids is 1. The first-order valence-corrected chi connectivity index (χ1v) is 14.1. The van der Waals surface area contributed by atoms with Crippen molar-refractivity contribution in [2.24, 2.45) is 18.9 Å². The van der Waals surface area contributed by atoms with Crippen molar-refractivity contribution in [2.45, 2.75) is 71.3 Å². The van der Waals surface area contributed by atoms with Gasteiger partial charge < -0.3 is 9.84 Å². The van der Waals surface area contributed by atoms with Crippen LogP contribution in [0.15, 0.2) is 65.6 Å². The molecule has 0 saturated carbocycles. The summed E-state index contributed by atoms with van der Waals surface area (Å²) in [6, 6.07) is 17.8. The molecule has 0 amide bonds. The van der Waals surface area contributed by atoms with Gasteiger partial charge in [0, 0.05) is 32.6 Å². The summed E-state index contributed by atoms with van der Waals surface area (Å²) in [5.41, 5.74) is 3.91. The maximum absolute atomic E-state index is 12.7. The van der Waals surface area contributed by atoms with Crippen LogP contribution in [0, 0.1) is 11.8 Å². The highest BCUT2D eigenvalue weighted by atomic mass is 16.5. The fraction of sp³-hybridized carbons (Fsp3) is 0.455. The lowest BCUT2D eigenvalue weighted by atomic mass is 9.85. The molecule has 1 aromatic heterocycles. The van der Waals surface area contributed by atoms with Gasteiger partial charge in [-0.05, 0) is 60.6 Å². The molecule has 3 aromatic rings. The van der Waals surface area contributed by atoms with Crippen molar-refractivity contribution >= 4 is 11.8 Å². The molecule has 0 aliphatic rings. The Bertz CT molecular complexity index is 1300. The van der Waals surface area contributed by atoms with Gasteiger partial charge in [0.1, 0.15) is 5.78 Å². The van der Waals surface area contributed by atoms with E-state index in [1.165, 1.54) is 10.2 Å². The number of ether oxygens (including phenoxy) is 1. The summed E-state index contributed by atoms with van der Waals surface area (Å²) < 4.78 is 6.51. The molecule has 7 heteroatoms. The van der Waals surface area contributed by atoms with Gasteiger partial charge in [-0.3, -0.25) is 14.4 Å². The highest BCUT2D eigenvalue weighted by molar-refractivity contribution is 5.78. The van der Waals surface area contributed by atoms with E-state index in [-0.39, 0.29) is 17.9 Å². The maximum Gasteiger partial charge on any atom is 0.306 e. The first kappa shape index (κ1) is 31.0. The number of benzene rings is 2. The second kappa shape index (κ2) is 15.3. The van der Waals surface area contributed by atoms with Gasteiger partial charge in [0.25, 0.3) is 5.56 Å². The van der Waals surface area contributed by atoms with Crippen LogP contribution in [0.5, 0.6) is 0 Å². The van der Waals surface area contributed by atoms with Crippen molar-refractivity contribution in [1.29, 1.82) is 0 Å². The highest BCUT2D eigenvalue weighted by Crippen LogP contribution is 2.29. The van der Waals surface area contributed by atoms with Crippen LogP contribution in [0.2, 0.25) is 0 Å². The number of Topliss-reactive ketones (excluding diaryl/α,β-unsaturated/α-hetero) is 1. The summed E-state index contributed by atoms with van der Waals surface area (Å²) in [7, 11) is 3.17. The van der Waals surface area contributed by atoms with Crippen LogP contribution < -0.4 is 5.56 Å². The number of aromatic nitrogens is 2. The predicted molar refractivity (Wildman–Crippen MR) is 157 cm³/mol. The highest BCUT2D eigenvalue weighted by Gasteiger charge is 2.20. The number of aliphatic carboxylic acids is 1. The molecule has 0 aliphatic carbocycles. The molecule has 0 aliphatic heterocycles. The number of carbonyl (C=O) groups is 2. The summed E-state index contributed by atoms with van der Waals surface area (Å²) in [5, 5.41) is 13.9. The van der Waals surface area contributed by atoms with Gasteiger partial charge in [-0.15, -0.1) is 0 Å². The lowest BCUT2D eigenvalue weighted by molar-refractivity contribution is -0.142. The number of carbonyl (C=O) groups excluding carboxylic acids is 1. The number of ketones is 1. The molecule has 2 aromatic carbocycles. The van der Waals surface area contributed by atoms with Crippen molar-refractivity contribution in [3.05, 3.63) is 87.8 Å². The summed E-state index contributed by atoms with van der Waals surface area (Å²) in [6.45, 7) is 4.68. The monoisotopic (exact) mass is 546 g/mol. The average Bonchev–Trinajstić information content (AvgIpc) is 2.93. The quantitative estimate of drug-likeness (QED) is 0.230. The molecule has 2 atom stereocenters. The molecule has 0 radical (unpaired) electrons. The van der Waals surface area contributed by atoms with Gasteiger partial charge in [-0.25, -0.2) is 4.68 Å². The van der Waals surface area contributed by atoms with E-state index in [0.29, 0.717) is 55.1 Å². The van der Waals surface area contributed by atoms with E-state index in [1.807, 2.05) is 42.5 Å². The smallest absolute Gasteiger partial charge is 0.306 e. The number of methoxy groups -OCH3 is 1. The molecule has 1 N–H and O–H groups in total. The van der Waals surface area contributed by atoms with Crippen LogP contribution in [0.4, 0.5) is 0 Å². The normalized spacial score (nSPS) is 12.8. The fourth-order valence-electron chi connectivity index (χ4n) is 5.27. The molecule has 1 unspecified atom stereocenters. The minimum Gasteiger partial charge on any atom is -0.481 e. The van der Waals surface area contributed by atoms with Crippen LogP contribution in [-0.2, 0) is 34.4 Å². The van der Waals surface area contributed by atoms with Crippen molar-refractivity contribution < 1.29 is 19.4 Å². The lowest BCUT2D eigenvalue weighted by Gasteiger charge is -2.19. The molecule has 0 bridgehead atoms. The Hall–Kier alpha value is -3.58. The third kappa shape index (κ3) is 8.98. The largest absolute Gasteiger partial charge is 0.481 e. The first-order chi connectivity index (χ1) is 19.2. The van der Waals surface area contributed by atoms with Crippen LogP contribution in [0.25, 0.3) is 11.1 Å². The van der Waals surface area contributed by atoms with Crippen molar-refractivity contribution in [2.75, 3.05) is 7.11 Å². The maximum atomic E-state index is 12.7. The second-order valence-corrected chi connectivity index (χ2v) is 11.0. The van der Waals surface area contributed by atoms with Crippen LogP contribution in [-0.4, -0.2) is 33.7 Å². The second-order valence-electron chi connectivity index (χ2n) is 11.0. The molecule has 214 valence electrons. The van der Waals surface area contributed by atoms with Crippen LogP contribution in [0.1, 0.15) is 75.0 Å². The van der Waals surface area contributed by atoms with Gasteiger partial charge in [0.15, 0.2) is 0 Å². The van der Waals surface area contributed by atoms with Crippen LogP contribution >= 0.6 is 0 Å². The van der Waals surface area contributed by atoms with Gasteiger partial charge in [-0.1, -0.05) is 68.4 Å². The number of hydrogen-bond acceptors (Lipinski definition) is 5. The number of rotatable bonds is 16. The molecule has 1 heterocycles. The summed E-state index contributed by atoms with van der Waals surface area (Å²) in [5.74, 6) is -0.326. The van der Waals surface area contributed by atoms with E-state index in [4.69, 9.17) is 4.74 Å². The van der Waals surface area contributed by atoms with Gasteiger partial charge in [0.2, 0.25) is 0 Å². The Morgan fingerprint density at radius 1 is 1.00 bits per heavy atom. The summed E-state index contributed by atoms with van der Waals surface area (Å²) >= 11 is 0. The third-order valence-electron chi connectivity index (χ3n) is 7.40. The molecular weight excluding hydrogens is 504 g/mol. The molecule has 3 rings (SSSR count). The Balaban J connectivity index is 1.56. The van der Waals surface area contributed by atoms with Gasteiger partial charge in [0.05, 0.1) is 24.3 Å². The molecule has 7 nitrogen and oxygen atoms in total. The first-order valence-electron chi connectivity index (χ1n) is 14.1. The topological polar surface area (TPSA) is 98.5 Å². The van der Waals surface area contributed by atoms with Crippen LogP contribution in [0.3, 0.4) is 0 Å². The molecule has 40 heavy (non-hydrogen) atoms. The van der Waals surface area contributed by atoms with Crippen molar-refractivity contribution in [3.63, 3.8) is 0 Å². The predicted octanol–water partition coefficient (Wildman–Crippen LogP) is 6.19. The number of nitrogens with zero attached hydrogens (tertiary/aromatic N) is 2. The Kier molecular flexibility index (Phi) is 11.8. The molecule has 0 fully saturated rings. The average molecular weight is 547 g/mol. The zero-order chi connectivity index (χ0) is 29.1. The van der Waals surface area contributed by atoms with E-state index in [0.717, 1.165) is 24.0 Å². The summed E-state index contributed by atoms with van der Waals surface area (Å²) in [6.07, 6.45) is 5.78. The SMILES string of the molecule is COCc1cnn(C)c(=O)c1-c1ccc(C[C@H](CCCC(=O)CCC(CC(C)C)c2ccccc2)C(=O)O)cc1. The van der Waals surface area contributed by atoms with Gasteiger partial charge >= 0.3 is 5.97 Å². The van der Waals surface area contributed by atoms with E-state index in [9.17, 15) is 19.5 Å². The fourth-order valence-corrected chi connectivity index (χ4v) is 5.27. The van der Waals surface area contributed by atoms with E-state index < -0.39 is 11.9 Å².